The number of carbonyl (C=O) groups excluding carboxylic acids is 2. The Hall–Kier alpha value is -1.40. The van der Waals surface area contributed by atoms with Crippen molar-refractivity contribution in [2.75, 3.05) is 13.1 Å². The van der Waals surface area contributed by atoms with Crippen molar-refractivity contribution in [3.05, 3.63) is 12.3 Å². The van der Waals surface area contributed by atoms with Crippen LogP contribution in [0.2, 0.25) is 0 Å². The summed E-state index contributed by atoms with van der Waals surface area (Å²) in [6, 6.07) is -0.568. The van der Waals surface area contributed by atoms with Crippen molar-refractivity contribution in [3.63, 3.8) is 0 Å². The van der Waals surface area contributed by atoms with Gasteiger partial charge in [-0.2, -0.15) is 0 Å². The molecule has 18 heavy (non-hydrogen) atoms. The Bertz CT molecular complexity index is 375. The van der Waals surface area contributed by atoms with Crippen LogP contribution in [0.1, 0.15) is 25.7 Å². The number of piperidine rings is 2. The summed E-state index contributed by atoms with van der Waals surface area (Å²) in [6.07, 6.45) is 1.93. The van der Waals surface area contributed by atoms with Crippen LogP contribution in [0.5, 0.6) is 0 Å². The fraction of sp³-hybridized carbons (Fsp3) is 0.667. The molecule has 2 rings (SSSR count). The van der Waals surface area contributed by atoms with Crippen LogP contribution in [0.3, 0.4) is 0 Å². The van der Waals surface area contributed by atoms with Crippen LogP contribution in [-0.2, 0) is 9.59 Å². The predicted octanol–water partition coefficient (Wildman–Crippen LogP) is -0.991. The van der Waals surface area contributed by atoms with Gasteiger partial charge in [-0.3, -0.25) is 9.59 Å². The number of hydrogen-bond donors (Lipinski definition) is 4. The monoisotopic (exact) mass is 253 g/mol. The molecule has 0 spiro atoms. The number of aliphatic hydroxyl groups is 1. The zero-order chi connectivity index (χ0) is 13.2. The molecule has 0 bridgehead atoms. The summed E-state index contributed by atoms with van der Waals surface area (Å²) in [6.45, 7) is 4.90. The molecule has 6 heteroatoms. The van der Waals surface area contributed by atoms with Crippen molar-refractivity contribution in [1.29, 1.82) is 0 Å². The molecule has 2 fully saturated rings. The van der Waals surface area contributed by atoms with Crippen LogP contribution in [0.4, 0.5) is 0 Å². The van der Waals surface area contributed by atoms with Crippen molar-refractivity contribution in [2.24, 2.45) is 0 Å². The maximum Gasteiger partial charge on any atom is 0.252 e. The Labute approximate surface area is 106 Å². The minimum Gasteiger partial charge on any atom is -0.380 e. The van der Waals surface area contributed by atoms with Crippen LogP contribution in [0.15, 0.2) is 12.3 Å². The van der Waals surface area contributed by atoms with E-state index < -0.39 is 17.6 Å². The van der Waals surface area contributed by atoms with Gasteiger partial charge in [-0.1, -0.05) is 6.58 Å². The molecule has 2 aliphatic rings. The van der Waals surface area contributed by atoms with Gasteiger partial charge in [0.1, 0.15) is 11.6 Å². The fourth-order valence-corrected chi connectivity index (χ4v) is 2.27. The molecular weight excluding hydrogens is 234 g/mol. The highest BCUT2D eigenvalue weighted by atomic mass is 16.3. The second-order valence-corrected chi connectivity index (χ2v) is 4.94. The fourth-order valence-electron chi connectivity index (χ4n) is 2.27. The summed E-state index contributed by atoms with van der Waals surface area (Å²) in [4.78, 5) is 23.7. The van der Waals surface area contributed by atoms with E-state index in [1.54, 1.807) is 0 Å². The van der Waals surface area contributed by atoms with E-state index in [1.165, 1.54) is 0 Å². The SMILES string of the molecule is C=C1CCC(NC(=O)C2(O)CCNCC2)C(=O)N1. The molecule has 6 nitrogen and oxygen atoms in total. The van der Waals surface area contributed by atoms with E-state index in [1.807, 2.05) is 0 Å². The van der Waals surface area contributed by atoms with Crippen molar-refractivity contribution >= 4 is 11.8 Å². The lowest BCUT2D eigenvalue weighted by Crippen LogP contribution is -2.58. The molecule has 0 aromatic heterocycles. The zero-order valence-corrected chi connectivity index (χ0v) is 10.3. The highest BCUT2D eigenvalue weighted by Crippen LogP contribution is 2.19. The highest BCUT2D eigenvalue weighted by Gasteiger charge is 2.39. The van der Waals surface area contributed by atoms with E-state index >= 15 is 0 Å². The van der Waals surface area contributed by atoms with Gasteiger partial charge >= 0.3 is 0 Å². The van der Waals surface area contributed by atoms with Gasteiger partial charge in [0.05, 0.1) is 0 Å². The topological polar surface area (TPSA) is 90.5 Å². The van der Waals surface area contributed by atoms with E-state index in [9.17, 15) is 14.7 Å². The predicted molar refractivity (Wildman–Crippen MR) is 65.5 cm³/mol. The van der Waals surface area contributed by atoms with Gasteiger partial charge in [-0.05, 0) is 38.8 Å². The lowest BCUT2D eigenvalue weighted by molar-refractivity contribution is -0.145. The molecule has 0 aliphatic carbocycles. The van der Waals surface area contributed by atoms with Gasteiger partial charge in [0.15, 0.2) is 0 Å². The van der Waals surface area contributed by atoms with Gasteiger partial charge < -0.3 is 21.1 Å². The van der Waals surface area contributed by atoms with Crippen LogP contribution >= 0.6 is 0 Å². The molecule has 2 heterocycles. The summed E-state index contributed by atoms with van der Waals surface area (Å²) < 4.78 is 0. The molecule has 2 aliphatic heterocycles. The summed E-state index contributed by atoms with van der Waals surface area (Å²) >= 11 is 0. The Morgan fingerprint density at radius 1 is 1.44 bits per heavy atom. The van der Waals surface area contributed by atoms with E-state index in [2.05, 4.69) is 22.5 Å². The summed E-state index contributed by atoms with van der Waals surface area (Å²) in [5.74, 6) is -0.700. The van der Waals surface area contributed by atoms with E-state index in [-0.39, 0.29) is 5.91 Å². The Morgan fingerprint density at radius 2 is 2.11 bits per heavy atom. The van der Waals surface area contributed by atoms with Crippen LogP contribution < -0.4 is 16.0 Å². The second-order valence-electron chi connectivity index (χ2n) is 4.94. The normalized spacial score (nSPS) is 27.5. The number of carbonyl (C=O) groups is 2. The minimum atomic E-state index is -1.35. The molecular formula is C12H19N3O3. The maximum absolute atomic E-state index is 12.0. The Morgan fingerprint density at radius 3 is 2.72 bits per heavy atom. The smallest absolute Gasteiger partial charge is 0.252 e. The number of allylic oxidation sites excluding steroid dienone is 1. The summed E-state index contributed by atoms with van der Waals surface area (Å²) in [7, 11) is 0. The molecule has 0 saturated carbocycles. The Balaban J connectivity index is 1.94. The molecule has 0 radical (unpaired) electrons. The largest absolute Gasteiger partial charge is 0.380 e. The van der Waals surface area contributed by atoms with Crippen molar-refractivity contribution in [2.45, 2.75) is 37.3 Å². The average Bonchev–Trinajstić information content (AvgIpc) is 2.33. The first kappa shape index (κ1) is 13.0. The lowest BCUT2D eigenvalue weighted by Gasteiger charge is -2.33. The van der Waals surface area contributed by atoms with Gasteiger partial charge in [0, 0.05) is 5.70 Å². The number of amides is 2. The van der Waals surface area contributed by atoms with E-state index in [0.29, 0.717) is 44.5 Å². The number of nitrogens with one attached hydrogen (secondary N) is 3. The standard InChI is InChI=1S/C12H19N3O3/c1-8-2-3-9(10(16)14-8)15-11(17)12(18)4-6-13-7-5-12/h9,13,18H,1-7H2,(H,14,16)(H,15,17). The molecule has 4 N–H and O–H groups in total. The van der Waals surface area contributed by atoms with Crippen molar-refractivity contribution in [3.8, 4) is 0 Å². The van der Waals surface area contributed by atoms with Gasteiger partial charge in [0.25, 0.3) is 5.91 Å². The highest BCUT2D eigenvalue weighted by molar-refractivity contribution is 5.92. The van der Waals surface area contributed by atoms with Crippen molar-refractivity contribution in [1.82, 2.24) is 16.0 Å². The van der Waals surface area contributed by atoms with Crippen LogP contribution in [0.25, 0.3) is 0 Å². The lowest BCUT2D eigenvalue weighted by atomic mass is 9.90. The first-order chi connectivity index (χ1) is 8.51. The van der Waals surface area contributed by atoms with Crippen LogP contribution in [0, 0.1) is 0 Å². The first-order valence-electron chi connectivity index (χ1n) is 6.24. The van der Waals surface area contributed by atoms with E-state index in [0.717, 1.165) is 0 Å². The van der Waals surface area contributed by atoms with Crippen LogP contribution in [-0.4, -0.2) is 41.7 Å². The van der Waals surface area contributed by atoms with E-state index in [4.69, 9.17) is 0 Å². The minimum absolute atomic E-state index is 0.253. The van der Waals surface area contributed by atoms with Gasteiger partial charge in [0.2, 0.25) is 5.91 Å². The van der Waals surface area contributed by atoms with Crippen molar-refractivity contribution < 1.29 is 14.7 Å². The molecule has 2 saturated heterocycles. The van der Waals surface area contributed by atoms with Gasteiger partial charge in [-0.25, -0.2) is 0 Å². The quantitative estimate of drug-likeness (QED) is 0.508. The molecule has 0 aromatic carbocycles. The third kappa shape index (κ3) is 2.70. The third-order valence-electron chi connectivity index (χ3n) is 3.51. The number of hydrogen-bond acceptors (Lipinski definition) is 4. The second kappa shape index (κ2) is 5.07. The van der Waals surface area contributed by atoms with Gasteiger partial charge in [-0.15, -0.1) is 0 Å². The Kier molecular flexibility index (Phi) is 3.68. The number of rotatable bonds is 2. The molecule has 0 aromatic rings. The average molecular weight is 253 g/mol. The molecule has 1 unspecified atom stereocenters. The maximum atomic E-state index is 12.0. The summed E-state index contributed by atoms with van der Waals surface area (Å²) in [5.41, 5.74) is -0.675. The molecule has 1 atom stereocenters. The first-order valence-corrected chi connectivity index (χ1v) is 6.24. The third-order valence-corrected chi connectivity index (χ3v) is 3.51. The molecule has 100 valence electrons. The summed E-state index contributed by atoms with van der Waals surface area (Å²) in [5, 5.41) is 18.5. The molecule has 2 amide bonds. The zero-order valence-electron chi connectivity index (χ0n) is 10.3.